The van der Waals surface area contributed by atoms with E-state index in [0.29, 0.717) is 0 Å². The van der Waals surface area contributed by atoms with Crippen LogP contribution in [-0.2, 0) is 10.7 Å². The Balaban J connectivity index is 2.64. The van der Waals surface area contributed by atoms with E-state index in [2.05, 4.69) is 82.1 Å². The van der Waals surface area contributed by atoms with Gasteiger partial charge in [-0.3, -0.25) is 0 Å². The second-order valence-electron chi connectivity index (χ2n) is 4.59. The fraction of sp³-hybridized carbons (Fsp3) is 0.250. The van der Waals surface area contributed by atoms with E-state index >= 15 is 0 Å². The molecular weight excluding hydrogens is 352 g/mol. The molecule has 0 atom stereocenters. The van der Waals surface area contributed by atoms with Gasteiger partial charge in [-0.2, -0.15) is 0 Å². The molecule has 0 saturated carbocycles. The van der Waals surface area contributed by atoms with Gasteiger partial charge in [0, 0.05) is 10.7 Å². The molecule has 0 unspecified atom stereocenters. The predicted molar refractivity (Wildman–Crippen MR) is 86.6 cm³/mol. The lowest BCUT2D eigenvalue weighted by Crippen LogP contribution is -1.94. The summed E-state index contributed by atoms with van der Waals surface area (Å²) in [5.41, 5.74) is 7.97. The molecule has 0 aromatic heterocycles. The van der Waals surface area contributed by atoms with Crippen LogP contribution in [0.1, 0.15) is 22.3 Å². The SMILES string of the molecule is Cc1ccc(-c2c(CBr)cc(C)cc2CBr)cc1. The van der Waals surface area contributed by atoms with Crippen LogP contribution in [-0.4, -0.2) is 0 Å². The third-order valence-corrected chi connectivity index (χ3v) is 4.28. The van der Waals surface area contributed by atoms with E-state index < -0.39 is 0 Å². The maximum Gasteiger partial charge on any atom is 0.0289 e. The third-order valence-electron chi connectivity index (χ3n) is 3.07. The topological polar surface area (TPSA) is 0 Å². The molecule has 0 heterocycles. The molecule has 0 spiro atoms. The molecule has 0 N–H and O–H groups in total. The molecule has 0 nitrogen and oxygen atoms in total. The number of hydrogen-bond acceptors (Lipinski definition) is 0. The van der Waals surface area contributed by atoms with Gasteiger partial charge in [0.25, 0.3) is 0 Å². The Morgan fingerprint density at radius 2 is 1.28 bits per heavy atom. The normalized spacial score (nSPS) is 10.7. The zero-order valence-electron chi connectivity index (χ0n) is 10.6. The minimum Gasteiger partial charge on any atom is -0.0876 e. The van der Waals surface area contributed by atoms with Gasteiger partial charge >= 0.3 is 0 Å². The second kappa shape index (κ2) is 6.03. The third kappa shape index (κ3) is 2.86. The van der Waals surface area contributed by atoms with E-state index in [4.69, 9.17) is 0 Å². The summed E-state index contributed by atoms with van der Waals surface area (Å²) in [5, 5.41) is 1.77. The van der Waals surface area contributed by atoms with Crippen LogP contribution < -0.4 is 0 Å². The van der Waals surface area contributed by atoms with Gasteiger partial charge in [-0.15, -0.1) is 0 Å². The molecule has 0 fully saturated rings. The van der Waals surface area contributed by atoms with Crippen molar-refractivity contribution in [3.8, 4) is 11.1 Å². The van der Waals surface area contributed by atoms with Crippen LogP contribution in [0.5, 0.6) is 0 Å². The highest BCUT2D eigenvalue weighted by Gasteiger charge is 2.10. The zero-order valence-corrected chi connectivity index (χ0v) is 13.8. The first-order valence-corrected chi connectivity index (χ1v) is 8.21. The molecule has 0 aliphatic heterocycles. The van der Waals surface area contributed by atoms with Gasteiger partial charge in [-0.1, -0.05) is 79.4 Å². The van der Waals surface area contributed by atoms with Crippen LogP contribution in [0, 0.1) is 13.8 Å². The summed E-state index contributed by atoms with van der Waals surface area (Å²) in [5.74, 6) is 0. The molecule has 0 saturated heterocycles. The molecule has 2 aromatic carbocycles. The van der Waals surface area contributed by atoms with Crippen molar-refractivity contribution in [2.45, 2.75) is 24.5 Å². The molecule has 0 aliphatic rings. The summed E-state index contributed by atoms with van der Waals surface area (Å²) in [6.07, 6.45) is 0. The van der Waals surface area contributed by atoms with Crippen LogP contribution in [0.3, 0.4) is 0 Å². The van der Waals surface area contributed by atoms with Crippen molar-refractivity contribution >= 4 is 31.9 Å². The number of halogens is 2. The number of alkyl halides is 2. The number of rotatable bonds is 3. The molecule has 2 aromatic rings. The van der Waals surface area contributed by atoms with E-state index in [1.807, 2.05) is 0 Å². The minimum absolute atomic E-state index is 0.887. The summed E-state index contributed by atoms with van der Waals surface area (Å²) in [6.45, 7) is 4.27. The van der Waals surface area contributed by atoms with Gasteiger partial charge in [0.2, 0.25) is 0 Å². The van der Waals surface area contributed by atoms with Gasteiger partial charge in [0.1, 0.15) is 0 Å². The summed E-state index contributed by atoms with van der Waals surface area (Å²) >= 11 is 7.20. The molecular formula is C16H16Br2. The summed E-state index contributed by atoms with van der Waals surface area (Å²) in [6, 6.07) is 13.3. The Kier molecular flexibility index (Phi) is 4.63. The smallest absolute Gasteiger partial charge is 0.0289 e. The average molecular weight is 368 g/mol. The zero-order chi connectivity index (χ0) is 13.1. The van der Waals surface area contributed by atoms with Crippen molar-refractivity contribution in [2.24, 2.45) is 0 Å². The molecule has 0 amide bonds. The standard InChI is InChI=1S/C16H16Br2/c1-11-3-5-13(6-4-11)16-14(9-17)7-12(2)8-15(16)10-18/h3-8H,9-10H2,1-2H3. The Bertz CT molecular complexity index is 517. The fourth-order valence-corrected chi connectivity index (χ4v) is 3.13. The van der Waals surface area contributed by atoms with E-state index in [0.717, 1.165) is 10.7 Å². The van der Waals surface area contributed by atoms with Crippen molar-refractivity contribution in [3.05, 3.63) is 58.7 Å². The lowest BCUT2D eigenvalue weighted by atomic mass is 9.93. The highest BCUT2D eigenvalue weighted by Crippen LogP contribution is 2.32. The largest absolute Gasteiger partial charge is 0.0876 e. The highest BCUT2D eigenvalue weighted by molar-refractivity contribution is 9.08. The van der Waals surface area contributed by atoms with E-state index in [9.17, 15) is 0 Å². The summed E-state index contributed by atoms with van der Waals surface area (Å²) in [4.78, 5) is 0. The lowest BCUT2D eigenvalue weighted by molar-refractivity contribution is 1.29. The maximum absolute atomic E-state index is 3.60. The van der Waals surface area contributed by atoms with Crippen molar-refractivity contribution in [2.75, 3.05) is 0 Å². The van der Waals surface area contributed by atoms with Gasteiger partial charge in [0.15, 0.2) is 0 Å². The van der Waals surface area contributed by atoms with Crippen molar-refractivity contribution in [1.29, 1.82) is 0 Å². The Hall–Kier alpha value is -0.600. The molecule has 18 heavy (non-hydrogen) atoms. The molecule has 0 bridgehead atoms. The van der Waals surface area contributed by atoms with Crippen molar-refractivity contribution < 1.29 is 0 Å². The van der Waals surface area contributed by atoms with Gasteiger partial charge in [-0.05, 0) is 36.1 Å². The Labute approximate surface area is 126 Å². The van der Waals surface area contributed by atoms with Gasteiger partial charge < -0.3 is 0 Å². The summed E-state index contributed by atoms with van der Waals surface area (Å²) < 4.78 is 0. The maximum atomic E-state index is 3.60. The first-order chi connectivity index (χ1) is 8.65. The van der Waals surface area contributed by atoms with Gasteiger partial charge in [0.05, 0.1) is 0 Å². The van der Waals surface area contributed by atoms with Gasteiger partial charge in [-0.25, -0.2) is 0 Å². The van der Waals surface area contributed by atoms with Crippen molar-refractivity contribution in [1.82, 2.24) is 0 Å². The second-order valence-corrected chi connectivity index (χ2v) is 5.71. The van der Waals surface area contributed by atoms with Crippen LogP contribution >= 0.6 is 31.9 Å². The number of benzene rings is 2. The average Bonchev–Trinajstić information content (AvgIpc) is 2.39. The van der Waals surface area contributed by atoms with Crippen LogP contribution in [0.25, 0.3) is 11.1 Å². The lowest BCUT2D eigenvalue weighted by Gasteiger charge is -2.14. The minimum atomic E-state index is 0.887. The first-order valence-electron chi connectivity index (χ1n) is 5.97. The number of hydrogen-bond donors (Lipinski definition) is 0. The molecule has 0 aliphatic carbocycles. The fourth-order valence-electron chi connectivity index (χ4n) is 2.24. The Morgan fingerprint density at radius 3 is 1.72 bits per heavy atom. The van der Waals surface area contributed by atoms with E-state index in [-0.39, 0.29) is 0 Å². The van der Waals surface area contributed by atoms with Crippen LogP contribution in [0.2, 0.25) is 0 Å². The Morgan fingerprint density at radius 1 is 0.778 bits per heavy atom. The molecule has 2 rings (SSSR count). The number of aryl methyl sites for hydroxylation is 2. The van der Waals surface area contributed by atoms with Crippen molar-refractivity contribution in [3.63, 3.8) is 0 Å². The van der Waals surface area contributed by atoms with E-state index in [1.54, 1.807) is 0 Å². The molecule has 2 heteroatoms. The van der Waals surface area contributed by atoms with E-state index in [1.165, 1.54) is 33.4 Å². The first kappa shape index (κ1) is 13.8. The quantitative estimate of drug-likeness (QED) is 0.605. The monoisotopic (exact) mass is 366 g/mol. The summed E-state index contributed by atoms with van der Waals surface area (Å²) in [7, 11) is 0. The predicted octanol–water partition coefficient (Wildman–Crippen LogP) is 5.76. The molecule has 94 valence electrons. The van der Waals surface area contributed by atoms with Crippen LogP contribution in [0.4, 0.5) is 0 Å². The van der Waals surface area contributed by atoms with Crippen LogP contribution in [0.15, 0.2) is 36.4 Å². The highest BCUT2D eigenvalue weighted by atomic mass is 79.9. The molecule has 0 radical (unpaired) electrons.